The van der Waals surface area contributed by atoms with Crippen molar-refractivity contribution in [3.8, 4) is 0 Å². The predicted molar refractivity (Wildman–Crippen MR) is 51.0 cm³/mol. The molecule has 1 aromatic carbocycles. The minimum absolute atomic E-state index is 0.291. The number of fused-ring (bicyclic) bond motifs is 1. The summed E-state index contributed by atoms with van der Waals surface area (Å²) in [4.78, 5) is 34.6. The minimum Gasteiger partial charge on any atom is -0.305 e. The summed E-state index contributed by atoms with van der Waals surface area (Å²) in [6, 6.07) is 6.38. The molecule has 1 heterocycles. The Balaban J connectivity index is 2.50. The number of nitrogens with zero attached hydrogens (tertiary/aromatic N) is 1. The largest absolute Gasteiger partial charge is 0.305 e. The third kappa shape index (κ3) is 1.25. The number of imide groups is 1. The smallest absolute Gasteiger partial charge is 0.263 e. The highest BCUT2D eigenvalue weighted by Gasteiger charge is 2.38. The van der Waals surface area contributed by atoms with Crippen LogP contribution in [-0.2, 0) is 4.79 Å². The molecule has 1 atom stereocenters. The van der Waals surface area contributed by atoms with Crippen molar-refractivity contribution in [3.05, 3.63) is 35.4 Å². The highest BCUT2D eigenvalue weighted by Crippen LogP contribution is 2.22. The molecular weight excluding hydrogens is 196 g/mol. The number of amides is 2. The molecule has 2 rings (SSSR count). The Morgan fingerprint density at radius 3 is 2.00 bits per heavy atom. The van der Waals surface area contributed by atoms with Crippen LogP contribution in [0.2, 0.25) is 0 Å². The molecule has 0 aliphatic carbocycles. The summed E-state index contributed by atoms with van der Waals surface area (Å²) in [6.45, 7) is 0. The molecule has 1 unspecified atom stereocenters. The van der Waals surface area contributed by atoms with E-state index in [9.17, 15) is 14.4 Å². The van der Waals surface area contributed by atoms with Gasteiger partial charge in [-0.1, -0.05) is 12.1 Å². The summed E-state index contributed by atoms with van der Waals surface area (Å²) in [5.41, 5.74) is 5.94. The number of carbonyl (C=O) groups is 3. The average Bonchev–Trinajstić information content (AvgIpc) is 2.52. The van der Waals surface area contributed by atoms with Gasteiger partial charge in [0.1, 0.15) is 6.17 Å². The lowest BCUT2D eigenvalue weighted by atomic mass is 10.1. The second kappa shape index (κ2) is 3.29. The van der Waals surface area contributed by atoms with E-state index in [-0.39, 0.29) is 0 Å². The van der Waals surface area contributed by atoms with Gasteiger partial charge >= 0.3 is 0 Å². The van der Waals surface area contributed by atoms with Crippen molar-refractivity contribution in [1.82, 2.24) is 4.90 Å². The molecule has 15 heavy (non-hydrogen) atoms. The number of carbonyl (C=O) groups excluding carboxylic acids is 3. The van der Waals surface area contributed by atoms with E-state index in [4.69, 9.17) is 5.73 Å². The van der Waals surface area contributed by atoms with Crippen LogP contribution in [0.4, 0.5) is 0 Å². The average molecular weight is 204 g/mol. The molecule has 0 saturated carbocycles. The van der Waals surface area contributed by atoms with Gasteiger partial charge in [0.25, 0.3) is 11.8 Å². The van der Waals surface area contributed by atoms with Gasteiger partial charge in [0.15, 0.2) is 6.29 Å². The first-order chi connectivity index (χ1) is 7.16. The molecule has 76 valence electrons. The zero-order chi connectivity index (χ0) is 11.0. The number of hydrogen-bond acceptors (Lipinski definition) is 4. The van der Waals surface area contributed by atoms with Gasteiger partial charge in [-0.3, -0.25) is 19.3 Å². The minimum atomic E-state index is -1.21. The molecule has 0 radical (unpaired) electrons. The van der Waals surface area contributed by atoms with Crippen molar-refractivity contribution >= 4 is 18.1 Å². The monoisotopic (exact) mass is 204 g/mol. The molecule has 1 aliphatic rings. The molecule has 0 saturated heterocycles. The Labute approximate surface area is 85.5 Å². The van der Waals surface area contributed by atoms with E-state index in [1.165, 1.54) is 12.1 Å². The first-order valence-corrected chi connectivity index (χ1v) is 4.34. The Morgan fingerprint density at radius 2 is 1.60 bits per heavy atom. The molecule has 5 heteroatoms. The summed E-state index contributed by atoms with van der Waals surface area (Å²) in [5, 5.41) is 0. The van der Waals surface area contributed by atoms with Gasteiger partial charge in [0.2, 0.25) is 0 Å². The van der Waals surface area contributed by atoms with Crippen LogP contribution in [0.25, 0.3) is 0 Å². The number of nitrogens with two attached hydrogens (primary N) is 1. The van der Waals surface area contributed by atoms with Gasteiger partial charge < -0.3 is 5.73 Å². The lowest BCUT2D eigenvalue weighted by molar-refractivity contribution is -0.111. The molecule has 2 amide bonds. The van der Waals surface area contributed by atoms with Gasteiger partial charge in [-0.15, -0.1) is 0 Å². The van der Waals surface area contributed by atoms with Crippen LogP contribution >= 0.6 is 0 Å². The molecule has 0 fully saturated rings. The number of aldehydes is 1. The van der Waals surface area contributed by atoms with Crippen LogP contribution in [0.15, 0.2) is 24.3 Å². The second-order valence-corrected chi connectivity index (χ2v) is 3.15. The second-order valence-electron chi connectivity index (χ2n) is 3.15. The van der Waals surface area contributed by atoms with Crippen molar-refractivity contribution in [2.45, 2.75) is 6.17 Å². The summed E-state index contributed by atoms with van der Waals surface area (Å²) in [5.74, 6) is -1.04. The van der Waals surface area contributed by atoms with Gasteiger partial charge in [0, 0.05) is 0 Å². The Hall–Kier alpha value is -2.01. The van der Waals surface area contributed by atoms with E-state index in [1.54, 1.807) is 12.1 Å². The molecule has 1 aliphatic heterocycles. The van der Waals surface area contributed by atoms with E-state index < -0.39 is 18.0 Å². The lowest BCUT2D eigenvalue weighted by Gasteiger charge is -2.16. The SMILES string of the molecule is NC(C=O)N1C(=O)c2ccccc2C1=O. The summed E-state index contributed by atoms with van der Waals surface area (Å²) in [6.07, 6.45) is -0.848. The molecule has 1 aromatic rings. The van der Waals surface area contributed by atoms with E-state index in [0.29, 0.717) is 17.4 Å². The Kier molecular flexibility index (Phi) is 2.09. The van der Waals surface area contributed by atoms with Crippen LogP contribution < -0.4 is 5.73 Å². The van der Waals surface area contributed by atoms with E-state index in [0.717, 1.165) is 4.90 Å². The maximum absolute atomic E-state index is 11.7. The summed E-state index contributed by atoms with van der Waals surface area (Å²) < 4.78 is 0. The van der Waals surface area contributed by atoms with Gasteiger partial charge in [-0.2, -0.15) is 0 Å². The lowest BCUT2D eigenvalue weighted by Crippen LogP contribution is -2.46. The topological polar surface area (TPSA) is 80.5 Å². The van der Waals surface area contributed by atoms with Crippen molar-refractivity contribution in [3.63, 3.8) is 0 Å². The zero-order valence-corrected chi connectivity index (χ0v) is 7.71. The van der Waals surface area contributed by atoms with Crippen LogP contribution in [0.3, 0.4) is 0 Å². The van der Waals surface area contributed by atoms with Crippen LogP contribution in [0, 0.1) is 0 Å². The first kappa shape index (κ1) is 9.54. The van der Waals surface area contributed by atoms with Crippen molar-refractivity contribution in [2.75, 3.05) is 0 Å². The predicted octanol–water partition coefficient (Wildman–Crippen LogP) is -0.234. The number of benzene rings is 1. The molecule has 0 spiro atoms. The standard InChI is InChI=1S/C10H8N2O3/c11-8(5-13)12-9(14)6-3-1-2-4-7(6)10(12)15/h1-5,8H,11H2. The third-order valence-corrected chi connectivity index (χ3v) is 2.26. The van der Waals surface area contributed by atoms with E-state index >= 15 is 0 Å². The molecular formula is C10H8N2O3. The highest BCUT2D eigenvalue weighted by atomic mass is 16.2. The van der Waals surface area contributed by atoms with Gasteiger partial charge in [0.05, 0.1) is 11.1 Å². The molecule has 0 bridgehead atoms. The maximum Gasteiger partial charge on any atom is 0.263 e. The third-order valence-electron chi connectivity index (χ3n) is 2.26. The maximum atomic E-state index is 11.7. The summed E-state index contributed by atoms with van der Waals surface area (Å²) >= 11 is 0. The van der Waals surface area contributed by atoms with Crippen LogP contribution in [0.5, 0.6) is 0 Å². The molecule has 2 N–H and O–H groups in total. The van der Waals surface area contributed by atoms with Crippen molar-refractivity contribution in [2.24, 2.45) is 5.73 Å². The number of rotatable bonds is 2. The van der Waals surface area contributed by atoms with Crippen LogP contribution in [-0.4, -0.2) is 29.2 Å². The van der Waals surface area contributed by atoms with E-state index in [2.05, 4.69) is 0 Å². The van der Waals surface area contributed by atoms with E-state index in [1.807, 2.05) is 0 Å². The molecule has 5 nitrogen and oxygen atoms in total. The van der Waals surface area contributed by atoms with Crippen molar-refractivity contribution < 1.29 is 14.4 Å². The van der Waals surface area contributed by atoms with Crippen LogP contribution in [0.1, 0.15) is 20.7 Å². The van der Waals surface area contributed by atoms with Gasteiger partial charge in [-0.25, -0.2) is 0 Å². The fraction of sp³-hybridized carbons (Fsp3) is 0.100. The number of hydrogen-bond donors (Lipinski definition) is 1. The van der Waals surface area contributed by atoms with Crippen molar-refractivity contribution in [1.29, 1.82) is 0 Å². The zero-order valence-electron chi connectivity index (χ0n) is 7.71. The molecule has 0 aromatic heterocycles. The Bertz CT molecular complexity index is 421. The Morgan fingerprint density at radius 1 is 1.13 bits per heavy atom. The van der Waals surface area contributed by atoms with Gasteiger partial charge in [-0.05, 0) is 12.1 Å². The first-order valence-electron chi connectivity index (χ1n) is 4.34. The summed E-state index contributed by atoms with van der Waals surface area (Å²) in [7, 11) is 0. The quantitative estimate of drug-likeness (QED) is 0.532. The normalized spacial score (nSPS) is 16.5. The fourth-order valence-electron chi connectivity index (χ4n) is 1.54. The highest BCUT2D eigenvalue weighted by molar-refractivity contribution is 6.22. The fourth-order valence-corrected chi connectivity index (χ4v) is 1.54.